The molecule has 0 radical (unpaired) electrons. The molecule has 1 saturated heterocycles. The summed E-state index contributed by atoms with van der Waals surface area (Å²) < 4.78 is 11.2. The smallest absolute Gasteiger partial charge is 0.312 e. The number of aliphatic hydroxyl groups is 6. The highest BCUT2D eigenvalue weighted by Gasteiger charge is 2.79. The van der Waals surface area contributed by atoms with Gasteiger partial charge >= 0.3 is 11.9 Å². The van der Waals surface area contributed by atoms with Crippen LogP contribution in [0.1, 0.15) is 32.6 Å². The van der Waals surface area contributed by atoms with Gasteiger partial charge < -0.3 is 50.3 Å². The van der Waals surface area contributed by atoms with Crippen LogP contribution >= 0.6 is 0 Å². The van der Waals surface area contributed by atoms with Crippen LogP contribution in [0, 0.1) is 28.6 Å². The Kier molecular flexibility index (Phi) is 5.99. The molecule has 5 rings (SSSR count). The van der Waals surface area contributed by atoms with E-state index in [9.17, 15) is 50.4 Å². The van der Waals surface area contributed by atoms with E-state index in [-0.39, 0.29) is 25.7 Å². The lowest BCUT2D eigenvalue weighted by atomic mass is 9.59. The van der Waals surface area contributed by atoms with Crippen LogP contribution in [-0.4, -0.2) is 107 Å². The summed E-state index contributed by atoms with van der Waals surface area (Å²) in [5, 5.41) is 84.3. The number of carboxylic acids is 2. The maximum atomic E-state index is 12.9. The van der Waals surface area contributed by atoms with Gasteiger partial charge in [-0.1, -0.05) is 18.7 Å². The van der Waals surface area contributed by atoms with E-state index in [1.807, 2.05) is 0 Å². The predicted molar refractivity (Wildman–Crippen MR) is 122 cm³/mol. The first-order valence-corrected chi connectivity index (χ1v) is 12.4. The van der Waals surface area contributed by atoms with Crippen molar-refractivity contribution in [3.63, 3.8) is 0 Å². The summed E-state index contributed by atoms with van der Waals surface area (Å²) in [7, 11) is 0. The zero-order chi connectivity index (χ0) is 27.3. The zero-order valence-corrected chi connectivity index (χ0v) is 20.3. The molecule has 37 heavy (non-hydrogen) atoms. The molecule has 0 aromatic heterocycles. The molecule has 4 aliphatic carbocycles. The number of hydrogen-bond acceptors (Lipinski definition) is 10. The number of fused-ring (bicyclic) bond motifs is 3. The molecule has 12 nitrogen and oxygen atoms in total. The van der Waals surface area contributed by atoms with Crippen LogP contribution in [0.4, 0.5) is 0 Å². The van der Waals surface area contributed by atoms with Crippen LogP contribution in [-0.2, 0) is 19.1 Å². The van der Waals surface area contributed by atoms with Crippen LogP contribution < -0.4 is 0 Å². The van der Waals surface area contributed by atoms with E-state index in [4.69, 9.17) is 9.47 Å². The van der Waals surface area contributed by atoms with E-state index in [1.54, 1.807) is 0 Å². The molecule has 4 fully saturated rings. The number of aliphatic hydroxyl groups excluding tert-OH is 4. The predicted octanol–water partition coefficient (Wildman–Crippen LogP) is -1.63. The number of carbonyl (C=O) groups is 2. The Morgan fingerprint density at radius 1 is 1.16 bits per heavy atom. The number of rotatable bonds is 5. The summed E-state index contributed by atoms with van der Waals surface area (Å²) in [5.41, 5.74) is -5.85. The van der Waals surface area contributed by atoms with Crippen molar-refractivity contribution in [2.75, 3.05) is 6.61 Å². The maximum absolute atomic E-state index is 12.9. The summed E-state index contributed by atoms with van der Waals surface area (Å²) >= 11 is 0. The Balaban J connectivity index is 1.58. The highest BCUT2D eigenvalue weighted by atomic mass is 16.7. The molecule has 0 unspecified atom stereocenters. The van der Waals surface area contributed by atoms with Crippen molar-refractivity contribution in [3.05, 3.63) is 24.3 Å². The van der Waals surface area contributed by atoms with Crippen molar-refractivity contribution in [2.24, 2.45) is 28.6 Å². The molecule has 8 N–H and O–H groups in total. The van der Waals surface area contributed by atoms with Gasteiger partial charge in [-0.25, -0.2) is 0 Å². The highest BCUT2D eigenvalue weighted by Crippen LogP contribution is 2.74. The number of carboxylic acid groups (broad SMARTS) is 2. The average Bonchev–Trinajstić information content (AvgIpc) is 3.17. The number of aliphatic carboxylic acids is 2. The van der Waals surface area contributed by atoms with Crippen LogP contribution in [0.15, 0.2) is 24.3 Å². The second kappa shape index (κ2) is 8.30. The van der Waals surface area contributed by atoms with Gasteiger partial charge in [-0.2, -0.15) is 0 Å². The Labute approximate surface area is 212 Å². The average molecular weight is 527 g/mol. The van der Waals surface area contributed by atoms with Crippen molar-refractivity contribution < 1.29 is 59.9 Å². The molecular weight excluding hydrogens is 492 g/mol. The number of hydrogen-bond donors (Lipinski definition) is 8. The lowest BCUT2D eigenvalue weighted by Gasteiger charge is -2.50. The molecule has 13 atom stereocenters. The van der Waals surface area contributed by atoms with Gasteiger partial charge in [-0.3, -0.25) is 9.59 Å². The van der Waals surface area contributed by atoms with E-state index >= 15 is 0 Å². The fourth-order valence-corrected chi connectivity index (χ4v) is 8.24. The largest absolute Gasteiger partial charge is 0.481 e. The Morgan fingerprint density at radius 2 is 1.84 bits per heavy atom. The lowest BCUT2D eigenvalue weighted by molar-refractivity contribution is -0.318. The summed E-state index contributed by atoms with van der Waals surface area (Å²) in [6.07, 6.45) is -6.26. The van der Waals surface area contributed by atoms with Crippen molar-refractivity contribution in [1.82, 2.24) is 0 Å². The van der Waals surface area contributed by atoms with Gasteiger partial charge in [0.05, 0.1) is 29.8 Å². The minimum atomic E-state index is -2.06. The van der Waals surface area contributed by atoms with Gasteiger partial charge in [0.15, 0.2) is 6.29 Å². The van der Waals surface area contributed by atoms with Crippen LogP contribution in [0.2, 0.25) is 0 Å². The normalized spacial score (nSPS) is 54.6. The first kappa shape index (κ1) is 26.7. The molecule has 0 aromatic rings. The van der Waals surface area contributed by atoms with E-state index in [1.165, 1.54) is 19.1 Å². The van der Waals surface area contributed by atoms with Crippen molar-refractivity contribution in [1.29, 1.82) is 0 Å². The molecule has 2 bridgehead atoms. The van der Waals surface area contributed by atoms with Crippen LogP contribution in [0.25, 0.3) is 0 Å². The molecular formula is C25H34O12. The summed E-state index contributed by atoms with van der Waals surface area (Å²) in [6, 6.07) is 0. The Morgan fingerprint density at radius 3 is 2.43 bits per heavy atom. The molecule has 1 spiro atoms. The molecule has 1 aliphatic heterocycles. The zero-order valence-electron chi connectivity index (χ0n) is 20.3. The molecule has 3 saturated carbocycles. The van der Waals surface area contributed by atoms with E-state index < -0.39 is 95.1 Å². The topological polar surface area (TPSA) is 214 Å². The summed E-state index contributed by atoms with van der Waals surface area (Å²) in [5.74, 6) is -6.19. The van der Waals surface area contributed by atoms with Gasteiger partial charge in [0.25, 0.3) is 0 Å². The van der Waals surface area contributed by atoms with E-state index in [2.05, 4.69) is 6.58 Å². The fourth-order valence-electron chi connectivity index (χ4n) is 8.24. The van der Waals surface area contributed by atoms with Gasteiger partial charge in [0.1, 0.15) is 29.8 Å². The summed E-state index contributed by atoms with van der Waals surface area (Å²) in [4.78, 5) is 25.8. The maximum Gasteiger partial charge on any atom is 0.312 e. The minimum Gasteiger partial charge on any atom is -0.481 e. The third-order valence-corrected chi connectivity index (χ3v) is 10.0. The quantitative estimate of drug-likeness (QED) is 0.190. The highest BCUT2D eigenvalue weighted by molar-refractivity contribution is 5.81. The standard InChI is InChI=1S/C25H34O12/c1-10-7-23-9-24(10,34)5-3-12(23)25(35)6-4-13(22(2,21(32)33)18(25)14(23)19(30)31)37-20-17(29)16(28)15(27)11(8-26)36-20/h4,6,11-18,20,26-29,34-35H,1,3,5,7-9H2,2H3,(H,30,31)(H,32,33)/t11-,12-,13+,14-,15-,16+,17-,18-,20+,22-,23+,24+,25-/m1/s1. The second-order valence-corrected chi connectivity index (χ2v) is 11.7. The van der Waals surface area contributed by atoms with E-state index in [0.29, 0.717) is 5.57 Å². The fraction of sp³-hybridized carbons (Fsp3) is 0.760. The molecule has 0 aromatic carbocycles. The third kappa shape index (κ3) is 3.31. The SMILES string of the molecule is C=C1C[C@]23C[C@@]1(O)CC[C@H]2[C@]1(O)C=C[C@H](O[C@@H]2O[C@H](CO)[C@@H](O)[C@H](O)[C@H]2O)[C@@](C)(C(=O)O)[C@H]1[C@@H]3C(=O)O. The van der Waals surface area contributed by atoms with E-state index in [0.717, 1.165) is 0 Å². The Bertz CT molecular complexity index is 1040. The van der Waals surface area contributed by atoms with Crippen LogP contribution in [0.3, 0.4) is 0 Å². The van der Waals surface area contributed by atoms with Crippen molar-refractivity contribution in [2.45, 2.75) is 80.6 Å². The van der Waals surface area contributed by atoms with Gasteiger partial charge in [0.2, 0.25) is 0 Å². The van der Waals surface area contributed by atoms with Crippen LogP contribution in [0.5, 0.6) is 0 Å². The second-order valence-electron chi connectivity index (χ2n) is 11.7. The van der Waals surface area contributed by atoms with Crippen molar-refractivity contribution >= 4 is 11.9 Å². The third-order valence-electron chi connectivity index (χ3n) is 10.0. The first-order chi connectivity index (χ1) is 17.2. The number of ether oxygens (including phenoxy) is 2. The summed E-state index contributed by atoms with van der Waals surface area (Å²) in [6.45, 7) is 4.51. The minimum absolute atomic E-state index is 0.0427. The monoisotopic (exact) mass is 526 g/mol. The van der Waals surface area contributed by atoms with Gasteiger partial charge in [0, 0.05) is 5.92 Å². The van der Waals surface area contributed by atoms with Gasteiger partial charge in [-0.15, -0.1) is 0 Å². The van der Waals surface area contributed by atoms with Gasteiger partial charge in [-0.05, 0) is 49.5 Å². The first-order valence-electron chi connectivity index (χ1n) is 12.4. The molecule has 1 heterocycles. The molecule has 206 valence electrons. The molecule has 0 amide bonds. The Hall–Kier alpha value is -1.90. The lowest BCUT2D eigenvalue weighted by Crippen LogP contribution is -2.63. The van der Waals surface area contributed by atoms with Crippen molar-refractivity contribution in [3.8, 4) is 0 Å². The molecule has 12 heteroatoms. The molecule has 5 aliphatic rings.